The van der Waals surface area contributed by atoms with Crippen molar-refractivity contribution in [2.45, 2.75) is 37.5 Å². The molecule has 4 heteroatoms. The molecule has 3 unspecified atom stereocenters. The standard InChI is InChI=1S/C12H13N3O/c13-6-8-1-4-12(14-7-8)15-10-5-9-2-3-11(10)16-9/h1,4,7,9-11H,2-3,5H2,(H,14,15). The molecule has 1 N–H and O–H groups in total. The van der Waals surface area contributed by atoms with Crippen LogP contribution in [0, 0.1) is 11.3 Å². The van der Waals surface area contributed by atoms with Gasteiger partial charge < -0.3 is 10.1 Å². The Kier molecular flexibility index (Phi) is 2.26. The summed E-state index contributed by atoms with van der Waals surface area (Å²) in [6, 6.07) is 6.08. The maximum atomic E-state index is 8.67. The lowest BCUT2D eigenvalue weighted by Crippen LogP contribution is -2.30. The third-order valence-corrected chi connectivity index (χ3v) is 3.33. The van der Waals surface area contributed by atoms with Gasteiger partial charge in [0.15, 0.2) is 0 Å². The number of rotatable bonds is 2. The lowest BCUT2D eigenvalue weighted by molar-refractivity contribution is 0.102. The van der Waals surface area contributed by atoms with Crippen molar-refractivity contribution >= 4 is 5.82 Å². The molecule has 0 amide bonds. The highest BCUT2D eigenvalue weighted by Gasteiger charge is 2.40. The fraction of sp³-hybridized carbons (Fsp3) is 0.500. The molecule has 0 spiro atoms. The van der Waals surface area contributed by atoms with E-state index in [1.165, 1.54) is 6.42 Å². The largest absolute Gasteiger partial charge is 0.373 e. The third-order valence-electron chi connectivity index (χ3n) is 3.33. The Balaban J connectivity index is 1.68. The predicted molar refractivity (Wildman–Crippen MR) is 58.9 cm³/mol. The molecule has 3 atom stereocenters. The SMILES string of the molecule is N#Cc1ccc(NC2CC3CCC2O3)nc1. The molecular formula is C12H13N3O. The van der Waals surface area contributed by atoms with E-state index in [-0.39, 0.29) is 0 Å². The minimum Gasteiger partial charge on any atom is -0.373 e. The molecular weight excluding hydrogens is 202 g/mol. The van der Waals surface area contributed by atoms with Gasteiger partial charge in [0.25, 0.3) is 0 Å². The number of hydrogen-bond donors (Lipinski definition) is 1. The fourth-order valence-electron chi connectivity index (χ4n) is 2.53. The van der Waals surface area contributed by atoms with Crippen LogP contribution in [0.1, 0.15) is 24.8 Å². The number of nitrogens with zero attached hydrogens (tertiary/aromatic N) is 2. The van der Waals surface area contributed by atoms with Crippen LogP contribution < -0.4 is 5.32 Å². The number of pyridine rings is 1. The summed E-state index contributed by atoms with van der Waals surface area (Å²) in [4.78, 5) is 4.21. The van der Waals surface area contributed by atoms with Crippen LogP contribution in [0.3, 0.4) is 0 Å². The summed E-state index contributed by atoms with van der Waals surface area (Å²) in [5, 5.41) is 12.0. The second kappa shape index (κ2) is 3.76. The van der Waals surface area contributed by atoms with Crippen LogP contribution in [0.25, 0.3) is 0 Å². The molecule has 0 aliphatic carbocycles. The minimum absolute atomic E-state index is 0.349. The monoisotopic (exact) mass is 215 g/mol. The Morgan fingerprint density at radius 3 is 2.94 bits per heavy atom. The number of hydrogen-bond acceptors (Lipinski definition) is 4. The van der Waals surface area contributed by atoms with Crippen molar-refractivity contribution in [2.75, 3.05) is 5.32 Å². The lowest BCUT2D eigenvalue weighted by atomic mass is 9.95. The van der Waals surface area contributed by atoms with E-state index in [1.807, 2.05) is 6.07 Å². The summed E-state index contributed by atoms with van der Waals surface area (Å²) in [7, 11) is 0. The molecule has 1 aromatic rings. The van der Waals surface area contributed by atoms with E-state index in [1.54, 1.807) is 12.3 Å². The van der Waals surface area contributed by atoms with E-state index in [0.717, 1.165) is 18.7 Å². The lowest BCUT2D eigenvalue weighted by Gasteiger charge is -2.20. The number of nitrogens with one attached hydrogen (secondary N) is 1. The van der Waals surface area contributed by atoms with Crippen molar-refractivity contribution < 1.29 is 4.74 Å². The normalized spacial score (nSPS) is 31.3. The van der Waals surface area contributed by atoms with Gasteiger partial charge in [-0.25, -0.2) is 4.98 Å². The Morgan fingerprint density at radius 2 is 2.38 bits per heavy atom. The van der Waals surface area contributed by atoms with Crippen LogP contribution in [0.4, 0.5) is 5.82 Å². The van der Waals surface area contributed by atoms with Gasteiger partial charge in [0.1, 0.15) is 11.9 Å². The Morgan fingerprint density at radius 1 is 1.44 bits per heavy atom. The number of anilines is 1. The van der Waals surface area contributed by atoms with Crippen LogP contribution >= 0.6 is 0 Å². The van der Waals surface area contributed by atoms with Crippen LogP contribution in [0.2, 0.25) is 0 Å². The van der Waals surface area contributed by atoms with Crippen molar-refractivity contribution in [1.82, 2.24) is 4.98 Å². The van der Waals surface area contributed by atoms with Gasteiger partial charge >= 0.3 is 0 Å². The molecule has 0 aromatic carbocycles. The molecule has 1 aromatic heterocycles. The van der Waals surface area contributed by atoms with E-state index < -0.39 is 0 Å². The molecule has 4 nitrogen and oxygen atoms in total. The second-order valence-electron chi connectivity index (χ2n) is 4.40. The molecule has 82 valence electrons. The van der Waals surface area contributed by atoms with Crippen molar-refractivity contribution in [2.24, 2.45) is 0 Å². The quantitative estimate of drug-likeness (QED) is 0.815. The average Bonchev–Trinajstić information content (AvgIpc) is 2.92. The van der Waals surface area contributed by atoms with Crippen molar-refractivity contribution in [3.8, 4) is 6.07 Å². The minimum atomic E-state index is 0.349. The topological polar surface area (TPSA) is 57.9 Å². The first-order chi connectivity index (χ1) is 7.85. The van der Waals surface area contributed by atoms with Gasteiger partial charge in [-0.2, -0.15) is 5.26 Å². The van der Waals surface area contributed by atoms with Gasteiger partial charge in [-0.1, -0.05) is 0 Å². The molecule has 2 aliphatic heterocycles. The second-order valence-corrected chi connectivity index (χ2v) is 4.40. The Labute approximate surface area is 94.2 Å². The third kappa shape index (κ3) is 1.63. The van der Waals surface area contributed by atoms with E-state index in [4.69, 9.17) is 10.00 Å². The number of ether oxygens (including phenoxy) is 1. The van der Waals surface area contributed by atoms with E-state index >= 15 is 0 Å². The summed E-state index contributed by atoms with van der Waals surface area (Å²) >= 11 is 0. The molecule has 0 radical (unpaired) electrons. The Bertz CT molecular complexity index is 423. The van der Waals surface area contributed by atoms with Crippen molar-refractivity contribution in [1.29, 1.82) is 5.26 Å². The highest BCUT2D eigenvalue weighted by Crippen LogP contribution is 2.35. The van der Waals surface area contributed by atoms with Gasteiger partial charge in [0, 0.05) is 6.20 Å². The first kappa shape index (κ1) is 9.61. The zero-order chi connectivity index (χ0) is 11.0. The Hall–Kier alpha value is -1.60. The summed E-state index contributed by atoms with van der Waals surface area (Å²) in [5.41, 5.74) is 0.592. The van der Waals surface area contributed by atoms with Crippen molar-refractivity contribution in [3.05, 3.63) is 23.9 Å². The first-order valence-electron chi connectivity index (χ1n) is 5.63. The van der Waals surface area contributed by atoms with Crippen LogP contribution in [0.15, 0.2) is 18.3 Å². The van der Waals surface area contributed by atoms with Crippen LogP contribution in [-0.4, -0.2) is 23.2 Å². The summed E-state index contributed by atoms with van der Waals surface area (Å²) in [5.74, 6) is 0.833. The number of aromatic nitrogens is 1. The summed E-state index contributed by atoms with van der Waals surface area (Å²) in [6.45, 7) is 0. The van der Waals surface area contributed by atoms with E-state index in [0.29, 0.717) is 23.8 Å². The molecule has 0 saturated carbocycles. The fourth-order valence-corrected chi connectivity index (χ4v) is 2.53. The predicted octanol–water partition coefficient (Wildman–Crippen LogP) is 1.69. The first-order valence-corrected chi connectivity index (χ1v) is 5.63. The van der Waals surface area contributed by atoms with Gasteiger partial charge in [-0.05, 0) is 31.4 Å². The zero-order valence-electron chi connectivity index (χ0n) is 8.89. The molecule has 2 fully saturated rings. The van der Waals surface area contributed by atoms with Gasteiger partial charge in [0.2, 0.25) is 0 Å². The van der Waals surface area contributed by atoms with E-state index in [2.05, 4.69) is 16.4 Å². The molecule has 3 heterocycles. The maximum Gasteiger partial charge on any atom is 0.126 e. The van der Waals surface area contributed by atoms with Gasteiger partial charge in [-0.15, -0.1) is 0 Å². The highest BCUT2D eigenvalue weighted by atomic mass is 16.5. The summed E-state index contributed by atoms with van der Waals surface area (Å²) in [6.07, 6.45) is 5.81. The molecule has 3 rings (SSSR count). The highest BCUT2D eigenvalue weighted by molar-refractivity contribution is 5.40. The number of fused-ring (bicyclic) bond motifs is 2. The molecule has 2 bridgehead atoms. The van der Waals surface area contributed by atoms with Crippen molar-refractivity contribution in [3.63, 3.8) is 0 Å². The molecule has 2 aliphatic rings. The zero-order valence-corrected chi connectivity index (χ0v) is 8.89. The van der Waals surface area contributed by atoms with Gasteiger partial charge in [0.05, 0.1) is 23.8 Å². The van der Waals surface area contributed by atoms with E-state index in [9.17, 15) is 0 Å². The van der Waals surface area contributed by atoms with Crippen LogP contribution in [0.5, 0.6) is 0 Å². The number of nitriles is 1. The molecule has 2 saturated heterocycles. The molecule has 16 heavy (non-hydrogen) atoms. The van der Waals surface area contributed by atoms with Crippen LogP contribution in [-0.2, 0) is 4.74 Å². The summed E-state index contributed by atoms with van der Waals surface area (Å²) < 4.78 is 5.76. The smallest absolute Gasteiger partial charge is 0.126 e. The maximum absolute atomic E-state index is 8.67. The average molecular weight is 215 g/mol. The van der Waals surface area contributed by atoms with Gasteiger partial charge in [-0.3, -0.25) is 0 Å².